The van der Waals surface area contributed by atoms with Crippen LogP contribution in [0.15, 0.2) is 35.8 Å². The Bertz CT molecular complexity index is 887. The number of aromatic nitrogens is 1. The van der Waals surface area contributed by atoms with Crippen molar-refractivity contribution in [2.75, 3.05) is 26.2 Å². The van der Waals surface area contributed by atoms with Crippen LogP contribution in [0.3, 0.4) is 0 Å². The zero-order valence-corrected chi connectivity index (χ0v) is 16.5. The number of carbonyl (C=O) groups excluding carboxylic acids is 2. The number of hydrogen-bond acceptors (Lipinski definition) is 6. The van der Waals surface area contributed by atoms with Gasteiger partial charge in [0.1, 0.15) is 4.88 Å². The van der Waals surface area contributed by atoms with Gasteiger partial charge in [0.15, 0.2) is 0 Å². The first-order valence-corrected chi connectivity index (χ1v) is 10.2. The second-order valence-electron chi connectivity index (χ2n) is 7.74. The molecule has 4 N–H and O–H groups in total. The van der Waals surface area contributed by atoms with E-state index in [2.05, 4.69) is 22.4 Å². The van der Waals surface area contributed by atoms with Gasteiger partial charge in [0.2, 0.25) is 5.91 Å². The highest BCUT2D eigenvalue weighted by atomic mass is 32.1. The Morgan fingerprint density at radius 1 is 1.39 bits per heavy atom. The minimum Gasteiger partial charge on any atom is -0.391 e. The Morgan fingerprint density at radius 2 is 2.14 bits per heavy atom. The maximum atomic E-state index is 12.5. The molecule has 2 amide bonds. The van der Waals surface area contributed by atoms with Gasteiger partial charge in [-0.2, -0.15) is 0 Å². The normalized spacial score (nSPS) is 29.1. The van der Waals surface area contributed by atoms with Crippen molar-refractivity contribution in [3.05, 3.63) is 52.0 Å². The molecular weight excluding hydrogens is 376 g/mol. The summed E-state index contributed by atoms with van der Waals surface area (Å²) in [5.41, 5.74) is 8.52. The predicted octanol–water partition coefficient (Wildman–Crippen LogP) is 0.743. The van der Waals surface area contributed by atoms with Crippen LogP contribution in [0.1, 0.15) is 26.8 Å². The van der Waals surface area contributed by atoms with Gasteiger partial charge in [-0.15, -0.1) is 11.3 Å². The number of nitrogens with one attached hydrogen (secondary N) is 1. The molecule has 4 rings (SSSR count). The van der Waals surface area contributed by atoms with Crippen LogP contribution in [-0.2, 0) is 4.79 Å². The molecule has 148 valence electrons. The van der Waals surface area contributed by atoms with E-state index in [-0.39, 0.29) is 29.7 Å². The van der Waals surface area contributed by atoms with Crippen molar-refractivity contribution in [1.82, 2.24) is 15.2 Å². The Labute approximate surface area is 167 Å². The van der Waals surface area contributed by atoms with Crippen molar-refractivity contribution in [1.29, 1.82) is 0 Å². The summed E-state index contributed by atoms with van der Waals surface area (Å²) in [7, 11) is 0. The monoisotopic (exact) mass is 400 g/mol. The molecule has 1 aromatic heterocycles. The van der Waals surface area contributed by atoms with Crippen molar-refractivity contribution in [3.63, 3.8) is 0 Å². The van der Waals surface area contributed by atoms with Gasteiger partial charge >= 0.3 is 0 Å². The summed E-state index contributed by atoms with van der Waals surface area (Å²) in [5.74, 6) is -0.300. The zero-order valence-electron chi connectivity index (χ0n) is 15.7. The molecule has 1 aromatic carbocycles. The smallest absolute Gasteiger partial charge is 0.263 e. The third-order valence-electron chi connectivity index (χ3n) is 6.08. The molecule has 2 aromatic rings. The van der Waals surface area contributed by atoms with Crippen LogP contribution < -0.4 is 11.1 Å². The summed E-state index contributed by atoms with van der Waals surface area (Å²) in [5, 5.41) is 13.9. The molecule has 0 bridgehead atoms. The fraction of sp³-hybridized carbons (Fsp3) is 0.450. The summed E-state index contributed by atoms with van der Waals surface area (Å²) in [6, 6.07) is 10.1. The molecule has 2 aliphatic rings. The van der Waals surface area contributed by atoms with Crippen LogP contribution in [0.25, 0.3) is 0 Å². The highest BCUT2D eigenvalue weighted by Gasteiger charge is 2.71. The van der Waals surface area contributed by atoms with Gasteiger partial charge in [0, 0.05) is 25.0 Å². The van der Waals surface area contributed by atoms with E-state index >= 15 is 0 Å². The van der Waals surface area contributed by atoms with E-state index in [1.54, 1.807) is 5.51 Å². The Hall–Kier alpha value is -2.29. The second-order valence-corrected chi connectivity index (χ2v) is 8.59. The highest BCUT2D eigenvalue weighted by Crippen LogP contribution is 2.68. The molecule has 0 unspecified atom stereocenters. The molecule has 2 fully saturated rings. The molecule has 2 heterocycles. The number of primary amides is 1. The van der Waals surface area contributed by atoms with Crippen molar-refractivity contribution >= 4 is 23.2 Å². The number of aliphatic hydroxyl groups is 1. The summed E-state index contributed by atoms with van der Waals surface area (Å²) in [6.07, 6.45) is -0.566. The van der Waals surface area contributed by atoms with E-state index in [1.165, 1.54) is 11.3 Å². The van der Waals surface area contributed by atoms with Gasteiger partial charge in [0.05, 0.1) is 23.9 Å². The summed E-state index contributed by atoms with van der Waals surface area (Å²) >= 11 is 1.33. The van der Waals surface area contributed by atoms with E-state index in [0.29, 0.717) is 24.5 Å². The Morgan fingerprint density at radius 3 is 2.79 bits per heavy atom. The third kappa shape index (κ3) is 3.21. The van der Waals surface area contributed by atoms with Crippen LogP contribution >= 0.6 is 11.3 Å². The highest BCUT2D eigenvalue weighted by molar-refractivity contribution is 7.11. The number of nitrogens with zero attached hydrogens (tertiary/aromatic N) is 2. The van der Waals surface area contributed by atoms with E-state index in [9.17, 15) is 14.7 Å². The Kier molecular flexibility index (Phi) is 4.95. The van der Waals surface area contributed by atoms with Gasteiger partial charge in [-0.3, -0.25) is 14.5 Å². The van der Waals surface area contributed by atoms with Gasteiger partial charge < -0.3 is 16.2 Å². The van der Waals surface area contributed by atoms with Crippen molar-refractivity contribution < 1.29 is 14.7 Å². The summed E-state index contributed by atoms with van der Waals surface area (Å²) in [6.45, 7) is 3.44. The largest absolute Gasteiger partial charge is 0.391 e. The molecule has 4 atom stereocenters. The number of amides is 2. The van der Waals surface area contributed by atoms with Crippen LogP contribution in [0.2, 0.25) is 0 Å². The van der Waals surface area contributed by atoms with Gasteiger partial charge in [-0.1, -0.05) is 30.3 Å². The van der Waals surface area contributed by atoms with E-state index in [4.69, 9.17) is 5.73 Å². The number of hydrogen-bond donors (Lipinski definition) is 3. The molecule has 7 nitrogen and oxygen atoms in total. The lowest BCUT2D eigenvalue weighted by atomic mass is 9.95. The molecule has 1 aliphatic heterocycles. The Balaban J connectivity index is 1.53. The lowest BCUT2D eigenvalue weighted by Crippen LogP contribution is -2.33. The first-order chi connectivity index (χ1) is 13.4. The maximum Gasteiger partial charge on any atom is 0.263 e. The quantitative estimate of drug-likeness (QED) is 0.663. The molecule has 0 radical (unpaired) electrons. The minimum atomic E-state index is -0.566. The minimum absolute atomic E-state index is 0.0972. The molecule has 8 heteroatoms. The summed E-state index contributed by atoms with van der Waals surface area (Å²) < 4.78 is 0. The number of aliphatic hydroxyl groups excluding tert-OH is 1. The number of β-amino-alcohol motifs (C(OH)–C–C–N with tert-alkyl or cyclic N) is 1. The molecule has 1 aliphatic carbocycles. The van der Waals surface area contributed by atoms with E-state index in [0.717, 1.165) is 11.3 Å². The summed E-state index contributed by atoms with van der Waals surface area (Å²) in [4.78, 5) is 30.5. The molecule has 1 saturated heterocycles. The van der Waals surface area contributed by atoms with E-state index in [1.807, 2.05) is 30.0 Å². The maximum absolute atomic E-state index is 12.5. The number of nitrogens with two attached hydrogens (primary N) is 1. The van der Waals surface area contributed by atoms with Gasteiger partial charge in [-0.05, 0) is 24.3 Å². The molecule has 1 spiro atoms. The van der Waals surface area contributed by atoms with Gasteiger partial charge in [0.25, 0.3) is 5.91 Å². The van der Waals surface area contributed by atoms with Crippen molar-refractivity contribution in [2.24, 2.45) is 17.1 Å². The number of thiazole rings is 1. The molecular formula is C20H24N4O3S. The number of rotatable bonds is 6. The number of benzene rings is 1. The lowest BCUT2D eigenvalue weighted by Gasteiger charge is -2.16. The first kappa shape index (κ1) is 19.0. The fourth-order valence-corrected chi connectivity index (χ4v) is 5.56. The first-order valence-electron chi connectivity index (χ1n) is 9.35. The SMILES string of the molecule is Cc1ncsc1C(=O)NC[C@@H]1[C@@H](c2ccccc2)[C@]12CN(CC(N)=O)C[C@@H]2O. The standard InChI is InChI=1S/C20H24N4O3S/c1-12-18(28-11-23-12)19(27)22-7-14-17(13-5-3-2-4-6-13)20(14)10-24(8-15(20)25)9-16(21)26/h2-6,11,14-15,17,25H,7-10H2,1H3,(H2,21,26)(H,22,27)/t14-,15+,17-,20-/m1/s1. The zero-order chi connectivity index (χ0) is 19.9. The van der Waals surface area contributed by atoms with Crippen LogP contribution in [-0.4, -0.2) is 59.1 Å². The number of carbonyl (C=O) groups is 2. The molecule has 28 heavy (non-hydrogen) atoms. The van der Waals surface area contributed by atoms with Crippen molar-refractivity contribution in [3.8, 4) is 0 Å². The number of aryl methyl sites for hydroxylation is 1. The fourth-order valence-electron chi connectivity index (χ4n) is 4.84. The van der Waals surface area contributed by atoms with E-state index < -0.39 is 12.0 Å². The number of likely N-dealkylation sites (tertiary alicyclic amines) is 1. The average Bonchev–Trinajstić information content (AvgIpc) is 2.89. The van der Waals surface area contributed by atoms with Gasteiger partial charge in [-0.25, -0.2) is 4.98 Å². The van der Waals surface area contributed by atoms with Crippen molar-refractivity contribution in [2.45, 2.75) is 18.9 Å². The van der Waals surface area contributed by atoms with Crippen LogP contribution in [0.5, 0.6) is 0 Å². The second kappa shape index (κ2) is 7.27. The van der Waals surface area contributed by atoms with Crippen LogP contribution in [0.4, 0.5) is 0 Å². The molecule has 1 saturated carbocycles. The topological polar surface area (TPSA) is 109 Å². The van der Waals surface area contributed by atoms with Crippen LogP contribution in [0, 0.1) is 18.3 Å². The lowest BCUT2D eigenvalue weighted by molar-refractivity contribution is -0.119. The average molecular weight is 401 g/mol. The third-order valence-corrected chi connectivity index (χ3v) is 7.01. The predicted molar refractivity (Wildman–Crippen MR) is 106 cm³/mol.